The van der Waals surface area contributed by atoms with E-state index in [1.54, 1.807) is 20.8 Å². The monoisotopic (exact) mass is 338 g/mol. The molecule has 4 nitrogen and oxygen atoms in total. The molecule has 2 N–H and O–H groups in total. The molecule has 0 unspecified atom stereocenters. The summed E-state index contributed by atoms with van der Waals surface area (Å²) in [6.07, 6.45) is 5.13. The number of sulfonamides is 1. The van der Waals surface area contributed by atoms with Crippen molar-refractivity contribution in [3.8, 4) is 0 Å². The second kappa shape index (κ2) is 7.22. The van der Waals surface area contributed by atoms with E-state index in [2.05, 4.69) is 17.0 Å². The first kappa shape index (κ1) is 18.3. The standard InChI is InChI=1S/C18H30N2O2S/c1-14-5-9-16(10-6-14)19-13-15-7-11-17(12-8-15)20-23(21,22)18(2,3)4/h7-8,11-12,14,16,19-20H,5-6,9-10,13H2,1-4H3. The zero-order valence-electron chi connectivity index (χ0n) is 14.7. The van der Waals surface area contributed by atoms with Crippen molar-refractivity contribution >= 4 is 15.7 Å². The van der Waals surface area contributed by atoms with Gasteiger partial charge in [0, 0.05) is 18.3 Å². The molecule has 2 rings (SSSR count). The van der Waals surface area contributed by atoms with Crippen LogP contribution in [0, 0.1) is 5.92 Å². The van der Waals surface area contributed by atoms with Gasteiger partial charge in [0.05, 0.1) is 4.75 Å². The molecule has 1 aliphatic carbocycles. The zero-order valence-corrected chi connectivity index (χ0v) is 15.5. The molecule has 1 fully saturated rings. The Bertz CT molecular complexity index is 595. The molecule has 5 heteroatoms. The van der Waals surface area contributed by atoms with Crippen molar-refractivity contribution < 1.29 is 8.42 Å². The Morgan fingerprint density at radius 1 is 1.04 bits per heavy atom. The highest BCUT2D eigenvalue weighted by Gasteiger charge is 2.28. The highest BCUT2D eigenvalue weighted by Crippen LogP contribution is 2.24. The van der Waals surface area contributed by atoms with E-state index in [9.17, 15) is 8.42 Å². The molecule has 0 bridgehead atoms. The smallest absolute Gasteiger partial charge is 0.237 e. The van der Waals surface area contributed by atoms with Crippen LogP contribution >= 0.6 is 0 Å². The third-order valence-electron chi connectivity index (χ3n) is 4.62. The summed E-state index contributed by atoms with van der Waals surface area (Å²) >= 11 is 0. The van der Waals surface area contributed by atoms with E-state index < -0.39 is 14.8 Å². The molecule has 0 aromatic heterocycles. The maximum Gasteiger partial charge on any atom is 0.237 e. The van der Waals surface area contributed by atoms with Crippen LogP contribution in [0.3, 0.4) is 0 Å². The van der Waals surface area contributed by atoms with Gasteiger partial charge in [0.25, 0.3) is 0 Å². The van der Waals surface area contributed by atoms with Crippen LogP contribution in [-0.4, -0.2) is 19.2 Å². The number of rotatable bonds is 5. The molecule has 0 atom stereocenters. The van der Waals surface area contributed by atoms with Gasteiger partial charge in [0.2, 0.25) is 10.0 Å². The molecular weight excluding hydrogens is 308 g/mol. The first-order chi connectivity index (χ1) is 10.7. The Labute approximate surface area is 141 Å². The van der Waals surface area contributed by atoms with E-state index in [-0.39, 0.29) is 0 Å². The van der Waals surface area contributed by atoms with Crippen LogP contribution < -0.4 is 10.0 Å². The number of hydrogen-bond donors (Lipinski definition) is 2. The van der Waals surface area contributed by atoms with Gasteiger partial charge in [-0.2, -0.15) is 0 Å². The predicted molar refractivity (Wildman–Crippen MR) is 97.0 cm³/mol. The van der Waals surface area contributed by atoms with Crippen molar-refractivity contribution in [1.82, 2.24) is 5.32 Å². The molecule has 1 aromatic carbocycles. The lowest BCUT2D eigenvalue weighted by Crippen LogP contribution is -2.33. The molecule has 0 spiro atoms. The normalized spacial score (nSPS) is 22.8. The molecule has 0 amide bonds. The van der Waals surface area contributed by atoms with Crippen LogP contribution in [0.5, 0.6) is 0 Å². The first-order valence-electron chi connectivity index (χ1n) is 8.52. The van der Waals surface area contributed by atoms with E-state index in [1.807, 2.05) is 24.3 Å². The van der Waals surface area contributed by atoms with Crippen LogP contribution in [0.4, 0.5) is 5.69 Å². The summed E-state index contributed by atoms with van der Waals surface area (Å²) in [6.45, 7) is 8.24. The van der Waals surface area contributed by atoms with Gasteiger partial charge in [-0.25, -0.2) is 8.42 Å². The van der Waals surface area contributed by atoms with Crippen molar-refractivity contribution in [2.45, 2.75) is 70.7 Å². The fraction of sp³-hybridized carbons (Fsp3) is 0.667. The van der Waals surface area contributed by atoms with E-state index in [0.29, 0.717) is 11.7 Å². The van der Waals surface area contributed by atoms with E-state index >= 15 is 0 Å². The van der Waals surface area contributed by atoms with Crippen LogP contribution in [0.25, 0.3) is 0 Å². The quantitative estimate of drug-likeness (QED) is 0.856. The average molecular weight is 339 g/mol. The van der Waals surface area contributed by atoms with Crippen molar-refractivity contribution in [2.75, 3.05) is 4.72 Å². The second-order valence-corrected chi connectivity index (χ2v) is 10.2. The van der Waals surface area contributed by atoms with E-state index in [0.717, 1.165) is 12.5 Å². The average Bonchev–Trinajstić information content (AvgIpc) is 2.47. The second-order valence-electron chi connectivity index (χ2n) is 7.75. The Morgan fingerprint density at radius 3 is 2.13 bits per heavy atom. The van der Waals surface area contributed by atoms with Gasteiger partial charge in [0.1, 0.15) is 0 Å². The lowest BCUT2D eigenvalue weighted by atomic mass is 9.87. The van der Waals surface area contributed by atoms with Gasteiger partial charge in [-0.15, -0.1) is 0 Å². The van der Waals surface area contributed by atoms with E-state index in [4.69, 9.17) is 0 Å². The lowest BCUT2D eigenvalue weighted by molar-refractivity contribution is 0.306. The number of benzene rings is 1. The summed E-state index contributed by atoms with van der Waals surface area (Å²) in [4.78, 5) is 0. The molecule has 1 aliphatic rings. The summed E-state index contributed by atoms with van der Waals surface area (Å²) in [5, 5.41) is 3.61. The lowest BCUT2D eigenvalue weighted by Gasteiger charge is -2.27. The summed E-state index contributed by atoms with van der Waals surface area (Å²) in [5.74, 6) is 0.864. The minimum Gasteiger partial charge on any atom is -0.310 e. The van der Waals surface area contributed by atoms with Crippen molar-refractivity contribution in [3.05, 3.63) is 29.8 Å². The predicted octanol–water partition coefficient (Wildman–Crippen LogP) is 3.90. The number of nitrogens with one attached hydrogen (secondary N) is 2. The molecule has 1 saturated carbocycles. The molecule has 0 radical (unpaired) electrons. The zero-order chi connectivity index (χ0) is 17.1. The minimum absolute atomic E-state index is 0.616. The third kappa shape index (κ3) is 5.21. The molecular formula is C18H30N2O2S. The fourth-order valence-electron chi connectivity index (χ4n) is 2.73. The van der Waals surface area contributed by atoms with Crippen molar-refractivity contribution in [1.29, 1.82) is 0 Å². The maximum atomic E-state index is 12.1. The Balaban J connectivity index is 1.87. The molecule has 1 aromatic rings. The Kier molecular flexibility index (Phi) is 5.74. The number of hydrogen-bond acceptors (Lipinski definition) is 3. The minimum atomic E-state index is -3.36. The van der Waals surface area contributed by atoms with E-state index in [1.165, 1.54) is 31.2 Å². The molecule has 0 heterocycles. The highest BCUT2D eigenvalue weighted by atomic mass is 32.2. The number of anilines is 1. The summed E-state index contributed by atoms with van der Waals surface area (Å²) < 4.78 is 26.1. The van der Waals surface area contributed by atoms with Crippen LogP contribution in [-0.2, 0) is 16.6 Å². The molecule has 23 heavy (non-hydrogen) atoms. The van der Waals surface area contributed by atoms with Crippen molar-refractivity contribution in [2.24, 2.45) is 5.92 Å². The largest absolute Gasteiger partial charge is 0.310 e. The van der Waals surface area contributed by atoms with Gasteiger partial charge in [-0.3, -0.25) is 4.72 Å². The van der Waals surface area contributed by atoms with Crippen LogP contribution in [0.15, 0.2) is 24.3 Å². The molecule has 130 valence electrons. The van der Waals surface area contributed by atoms with Gasteiger partial charge in [0.15, 0.2) is 0 Å². The fourth-order valence-corrected chi connectivity index (χ4v) is 3.48. The maximum absolute atomic E-state index is 12.1. The first-order valence-corrected chi connectivity index (χ1v) is 10.0. The topological polar surface area (TPSA) is 58.2 Å². The Hall–Kier alpha value is -1.07. The Morgan fingerprint density at radius 2 is 1.61 bits per heavy atom. The molecule has 0 saturated heterocycles. The summed E-state index contributed by atoms with van der Waals surface area (Å²) in [7, 11) is -3.36. The van der Waals surface area contributed by atoms with Crippen LogP contribution in [0.2, 0.25) is 0 Å². The van der Waals surface area contributed by atoms with Gasteiger partial charge >= 0.3 is 0 Å². The third-order valence-corrected chi connectivity index (χ3v) is 6.74. The molecule has 0 aliphatic heterocycles. The van der Waals surface area contributed by atoms with Gasteiger partial charge in [-0.05, 0) is 70.1 Å². The van der Waals surface area contributed by atoms with Gasteiger partial charge < -0.3 is 5.32 Å². The van der Waals surface area contributed by atoms with Gasteiger partial charge in [-0.1, -0.05) is 19.1 Å². The van der Waals surface area contributed by atoms with Crippen LogP contribution in [0.1, 0.15) is 58.9 Å². The summed E-state index contributed by atoms with van der Waals surface area (Å²) in [6, 6.07) is 8.26. The SMILES string of the molecule is CC1CCC(NCc2ccc(NS(=O)(=O)C(C)(C)C)cc2)CC1. The summed E-state index contributed by atoms with van der Waals surface area (Å²) in [5.41, 5.74) is 1.80. The highest BCUT2D eigenvalue weighted by molar-refractivity contribution is 7.94. The van der Waals surface area contributed by atoms with Crippen molar-refractivity contribution in [3.63, 3.8) is 0 Å².